The number of carbonyl (C=O) groups excluding carboxylic acids is 1. The summed E-state index contributed by atoms with van der Waals surface area (Å²) in [5.74, 6) is -1.15. The summed E-state index contributed by atoms with van der Waals surface area (Å²) < 4.78 is 0. The second-order valence-electron chi connectivity index (χ2n) is 6.66. The number of rotatable bonds is 4. The van der Waals surface area contributed by atoms with E-state index >= 15 is 0 Å². The number of hydrogen-bond donors (Lipinski definition) is 1. The van der Waals surface area contributed by atoms with Crippen LogP contribution >= 0.6 is 11.3 Å². The molecule has 5 nitrogen and oxygen atoms in total. The Labute approximate surface area is 150 Å². The van der Waals surface area contributed by atoms with Gasteiger partial charge in [-0.15, -0.1) is 11.3 Å². The van der Waals surface area contributed by atoms with Crippen LogP contribution in [0.1, 0.15) is 44.0 Å². The Morgan fingerprint density at radius 3 is 2.68 bits per heavy atom. The third kappa shape index (κ3) is 3.07. The molecule has 4 rings (SSSR count). The van der Waals surface area contributed by atoms with Crippen LogP contribution in [0, 0.1) is 0 Å². The number of piperidine rings is 1. The molecule has 0 spiro atoms. The van der Waals surface area contributed by atoms with E-state index < -0.39 is 5.97 Å². The number of nitrogens with zero attached hydrogens (tertiary/aromatic N) is 2. The monoisotopic (exact) mass is 356 g/mol. The van der Waals surface area contributed by atoms with Gasteiger partial charge < -0.3 is 10.0 Å². The summed E-state index contributed by atoms with van der Waals surface area (Å²) in [6.07, 6.45) is 1.88. The molecule has 0 bridgehead atoms. The van der Waals surface area contributed by atoms with Crippen LogP contribution in [0.25, 0.3) is 0 Å². The van der Waals surface area contributed by atoms with Gasteiger partial charge in [-0.25, -0.2) is 4.79 Å². The van der Waals surface area contributed by atoms with E-state index in [1.807, 2.05) is 11.0 Å². The number of hydrogen-bond acceptors (Lipinski definition) is 4. The minimum Gasteiger partial charge on any atom is -0.478 e. The van der Waals surface area contributed by atoms with E-state index in [4.69, 9.17) is 0 Å². The molecule has 2 aliphatic heterocycles. The van der Waals surface area contributed by atoms with Crippen LogP contribution in [0.4, 0.5) is 0 Å². The number of aromatic carboxylic acids is 1. The van der Waals surface area contributed by atoms with Crippen molar-refractivity contribution in [3.63, 3.8) is 0 Å². The zero-order valence-corrected chi connectivity index (χ0v) is 14.7. The van der Waals surface area contributed by atoms with Gasteiger partial charge in [0.15, 0.2) is 0 Å². The van der Waals surface area contributed by atoms with Crippen molar-refractivity contribution in [2.24, 2.45) is 0 Å². The predicted molar refractivity (Wildman–Crippen MR) is 95.9 cm³/mol. The van der Waals surface area contributed by atoms with Gasteiger partial charge in [-0.3, -0.25) is 9.69 Å². The lowest BCUT2D eigenvalue weighted by molar-refractivity contribution is 0.0581. The van der Waals surface area contributed by atoms with Gasteiger partial charge >= 0.3 is 5.97 Å². The van der Waals surface area contributed by atoms with Gasteiger partial charge in [0.05, 0.1) is 11.1 Å². The quantitative estimate of drug-likeness (QED) is 0.915. The molecule has 0 atom stereocenters. The molecular formula is C19H20N2O3S. The van der Waals surface area contributed by atoms with Crippen LogP contribution in [-0.4, -0.2) is 45.9 Å². The molecule has 1 aromatic carbocycles. The van der Waals surface area contributed by atoms with E-state index in [9.17, 15) is 14.7 Å². The highest BCUT2D eigenvalue weighted by Gasteiger charge is 2.36. The first kappa shape index (κ1) is 16.3. The second kappa shape index (κ2) is 6.61. The van der Waals surface area contributed by atoms with E-state index in [1.54, 1.807) is 17.4 Å². The first-order valence-electron chi connectivity index (χ1n) is 8.54. The van der Waals surface area contributed by atoms with Crippen LogP contribution in [0.3, 0.4) is 0 Å². The largest absolute Gasteiger partial charge is 0.478 e. The molecule has 3 heterocycles. The lowest BCUT2D eigenvalue weighted by Crippen LogP contribution is -2.44. The Bertz CT molecular complexity index is 795. The Morgan fingerprint density at radius 1 is 1.20 bits per heavy atom. The zero-order chi connectivity index (χ0) is 17.4. The molecule has 1 N–H and O–H groups in total. The summed E-state index contributed by atoms with van der Waals surface area (Å²) >= 11 is 1.78. The average molecular weight is 356 g/mol. The van der Waals surface area contributed by atoms with Crippen molar-refractivity contribution in [3.8, 4) is 0 Å². The van der Waals surface area contributed by atoms with Crippen molar-refractivity contribution in [3.05, 3.63) is 57.3 Å². The van der Waals surface area contributed by atoms with E-state index in [1.165, 1.54) is 10.9 Å². The van der Waals surface area contributed by atoms with Gasteiger partial charge in [0.1, 0.15) is 0 Å². The number of amides is 1. The van der Waals surface area contributed by atoms with Crippen LogP contribution in [0.15, 0.2) is 35.7 Å². The maximum atomic E-state index is 12.8. The van der Waals surface area contributed by atoms with Gasteiger partial charge in [-0.05, 0) is 35.9 Å². The van der Waals surface area contributed by atoms with Gasteiger partial charge in [0, 0.05) is 37.1 Å². The predicted octanol–water partition coefficient (Wildman–Crippen LogP) is 3.07. The van der Waals surface area contributed by atoms with E-state index in [0.717, 1.165) is 38.0 Å². The van der Waals surface area contributed by atoms with Crippen LogP contribution in [0.5, 0.6) is 0 Å². The summed E-state index contributed by atoms with van der Waals surface area (Å²) in [6, 6.07) is 9.54. The minimum absolute atomic E-state index is 0.121. The molecule has 130 valence electrons. The molecule has 0 unspecified atom stereocenters. The summed E-state index contributed by atoms with van der Waals surface area (Å²) in [5, 5.41) is 11.4. The lowest BCUT2D eigenvalue weighted by Gasteiger charge is -2.36. The third-order valence-electron chi connectivity index (χ3n) is 5.15. The van der Waals surface area contributed by atoms with Crippen LogP contribution in [0.2, 0.25) is 0 Å². The van der Waals surface area contributed by atoms with Gasteiger partial charge in [-0.1, -0.05) is 18.2 Å². The highest BCUT2D eigenvalue weighted by Crippen LogP contribution is 2.31. The molecule has 0 saturated carbocycles. The molecular weight excluding hydrogens is 336 g/mol. The molecule has 2 aromatic rings. The van der Waals surface area contributed by atoms with Crippen molar-refractivity contribution in [2.45, 2.75) is 32.0 Å². The Kier molecular flexibility index (Phi) is 4.31. The molecule has 1 saturated heterocycles. The Hall–Kier alpha value is -2.18. The molecule has 2 aliphatic rings. The number of carboxylic acids is 1. The van der Waals surface area contributed by atoms with E-state index in [-0.39, 0.29) is 17.5 Å². The molecule has 1 fully saturated rings. The van der Waals surface area contributed by atoms with E-state index in [2.05, 4.69) is 22.4 Å². The van der Waals surface area contributed by atoms with Crippen LogP contribution in [-0.2, 0) is 13.1 Å². The van der Waals surface area contributed by atoms with Crippen molar-refractivity contribution < 1.29 is 14.7 Å². The molecule has 25 heavy (non-hydrogen) atoms. The highest BCUT2D eigenvalue weighted by atomic mass is 32.1. The normalized spacial score (nSPS) is 18.6. The summed E-state index contributed by atoms with van der Waals surface area (Å²) in [7, 11) is 0. The van der Waals surface area contributed by atoms with Crippen molar-refractivity contribution >= 4 is 23.2 Å². The topological polar surface area (TPSA) is 60.9 Å². The SMILES string of the molecule is O=C(O)c1cccc2c1C(=O)N(C1CCN(Cc3cccs3)CC1)C2. The third-order valence-corrected chi connectivity index (χ3v) is 6.02. The van der Waals surface area contributed by atoms with Crippen molar-refractivity contribution in [1.29, 1.82) is 0 Å². The van der Waals surface area contributed by atoms with E-state index in [0.29, 0.717) is 12.1 Å². The molecule has 1 aromatic heterocycles. The number of benzene rings is 1. The maximum absolute atomic E-state index is 12.8. The van der Waals surface area contributed by atoms with Gasteiger partial charge in [0.2, 0.25) is 0 Å². The molecule has 0 radical (unpaired) electrons. The fraction of sp³-hybridized carbons (Fsp3) is 0.368. The van der Waals surface area contributed by atoms with Crippen molar-refractivity contribution in [1.82, 2.24) is 9.80 Å². The standard InChI is InChI=1S/C19H20N2O3S/c22-18-17-13(3-1-5-16(17)19(23)24)11-21(18)14-6-8-20(9-7-14)12-15-4-2-10-25-15/h1-5,10,14H,6-9,11-12H2,(H,23,24). The van der Waals surface area contributed by atoms with Gasteiger partial charge in [0.25, 0.3) is 5.91 Å². The Balaban J connectivity index is 1.43. The Morgan fingerprint density at radius 2 is 2.00 bits per heavy atom. The number of likely N-dealkylation sites (tertiary alicyclic amines) is 1. The minimum atomic E-state index is -1.03. The molecule has 0 aliphatic carbocycles. The first-order valence-corrected chi connectivity index (χ1v) is 9.42. The lowest BCUT2D eigenvalue weighted by atomic mass is 10.0. The number of carbonyl (C=O) groups is 2. The smallest absolute Gasteiger partial charge is 0.336 e. The fourth-order valence-electron chi connectivity index (χ4n) is 3.87. The number of fused-ring (bicyclic) bond motifs is 1. The van der Waals surface area contributed by atoms with Crippen molar-refractivity contribution in [2.75, 3.05) is 13.1 Å². The van der Waals surface area contributed by atoms with Crippen LogP contribution < -0.4 is 0 Å². The average Bonchev–Trinajstić information content (AvgIpc) is 3.24. The molecule has 6 heteroatoms. The number of carboxylic acid groups (broad SMARTS) is 1. The zero-order valence-electron chi connectivity index (χ0n) is 13.9. The second-order valence-corrected chi connectivity index (χ2v) is 7.70. The fourth-order valence-corrected chi connectivity index (χ4v) is 4.61. The van der Waals surface area contributed by atoms with Gasteiger partial charge in [-0.2, -0.15) is 0 Å². The maximum Gasteiger partial charge on any atom is 0.336 e. The molecule has 1 amide bonds. The summed E-state index contributed by atoms with van der Waals surface area (Å²) in [5.41, 5.74) is 1.35. The number of thiophene rings is 1. The summed E-state index contributed by atoms with van der Waals surface area (Å²) in [6.45, 7) is 3.44. The summed E-state index contributed by atoms with van der Waals surface area (Å²) in [4.78, 5) is 29.9. The first-order chi connectivity index (χ1) is 12.1. The highest BCUT2D eigenvalue weighted by molar-refractivity contribution is 7.09.